The Bertz CT molecular complexity index is 1030. The van der Waals surface area contributed by atoms with Gasteiger partial charge < -0.3 is 15.1 Å². The third kappa shape index (κ3) is 4.28. The van der Waals surface area contributed by atoms with Crippen molar-refractivity contribution in [3.63, 3.8) is 0 Å². The molecule has 5 nitrogen and oxygen atoms in total. The Kier molecular flexibility index (Phi) is 5.56. The molecule has 0 unspecified atom stereocenters. The van der Waals surface area contributed by atoms with Crippen molar-refractivity contribution in [1.82, 2.24) is 4.90 Å². The standard InChI is InChI=1S/C22H20ClN3O2S/c1-25(21(27)15-2-4-17(23)5-3-15)19-8-6-18(7-9-19)24-22(28)26-12-10-20-16(14-26)11-13-29-20/h2-9,11,13H,10,12,14H2,1H3,(H,24,28). The van der Waals surface area contributed by atoms with E-state index in [1.807, 2.05) is 17.0 Å². The Balaban J connectivity index is 1.39. The van der Waals surface area contributed by atoms with Gasteiger partial charge in [0.25, 0.3) is 5.91 Å². The molecule has 0 saturated carbocycles. The molecule has 0 aliphatic carbocycles. The minimum Gasteiger partial charge on any atom is -0.320 e. The third-order valence-electron chi connectivity index (χ3n) is 5.00. The molecule has 0 radical (unpaired) electrons. The van der Waals surface area contributed by atoms with Gasteiger partial charge in [-0.3, -0.25) is 4.79 Å². The number of amides is 3. The summed E-state index contributed by atoms with van der Waals surface area (Å²) in [5.74, 6) is -0.127. The van der Waals surface area contributed by atoms with Crippen LogP contribution in [0.5, 0.6) is 0 Å². The number of carbonyl (C=O) groups excluding carboxylic acids is 2. The van der Waals surface area contributed by atoms with E-state index in [4.69, 9.17) is 11.6 Å². The van der Waals surface area contributed by atoms with E-state index < -0.39 is 0 Å². The second-order valence-corrected chi connectivity index (χ2v) is 8.33. The van der Waals surface area contributed by atoms with Crippen LogP contribution in [0.1, 0.15) is 20.8 Å². The fourth-order valence-electron chi connectivity index (χ4n) is 3.30. The molecule has 1 N–H and O–H groups in total. The fourth-order valence-corrected chi connectivity index (χ4v) is 4.31. The van der Waals surface area contributed by atoms with Crippen molar-refractivity contribution in [2.75, 3.05) is 23.8 Å². The van der Waals surface area contributed by atoms with Gasteiger partial charge >= 0.3 is 6.03 Å². The summed E-state index contributed by atoms with van der Waals surface area (Å²) in [6.45, 7) is 1.36. The van der Waals surface area contributed by atoms with Crippen molar-refractivity contribution in [2.24, 2.45) is 0 Å². The Morgan fingerprint density at radius 2 is 1.79 bits per heavy atom. The normalized spacial score (nSPS) is 13.0. The molecule has 0 bridgehead atoms. The van der Waals surface area contributed by atoms with Crippen LogP contribution >= 0.6 is 22.9 Å². The quantitative estimate of drug-likeness (QED) is 0.621. The van der Waals surface area contributed by atoms with Crippen LogP contribution in [0.3, 0.4) is 0 Å². The van der Waals surface area contributed by atoms with E-state index in [0.29, 0.717) is 22.8 Å². The van der Waals surface area contributed by atoms with E-state index in [-0.39, 0.29) is 11.9 Å². The highest BCUT2D eigenvalue weighted by Gasteiger charge is 2.21. The number of rotatable bonds is 3. The summed E-state index contributed by atoms with van der Waals surface area (Å²) in [4.78, 5) is 29.9. The zero-order chi connectivity index (χ0) is 20.4. The zero-order valence-corrected chi connectivity index (χ0v) is 17.5. The van der Waals surface area contributed by atoms with E-state index in [1.165, 1.54) is 10.4 Å². The van der Waals surface area contributed by atoms with Crippen molar-refractivity contribution < 1.29 is 9.59 Å². The van der Waals surface area contributed by atoms with Crippen LogP contribution in [-0.2, 0) is 13.0 Å². The molecule has 29 heavy (non-hydrogen) atoms. The summed E-state index contributed by atoms with van der Waals surface area (Å²) in [5, 5.41) is 5.61. The fraction of sp³-hybridized carbons (Fsp3) is 0.182. The molecule has 0 atom stereocenters. The third-order valence-corrected chi connectivity index (χ3v) is 6.27. The zero-order valence-electron chi connectivity index (χ0n) is 15.9. The molecule has 4 rings (SSSR count). The second kappa shape index (κ2) is 8.27. The number of hydrogen-bond acceptors (Lipinski definition) is 3. The maximum Gasteiger partial charge on any atom is 0.322 e. The number of urea groups is 1. The smallest absolute Gasteiger partial charge is 0.320 e. The summed E-state index contributed by atoms with van der Waals surface area (Å²) in [7, 11) is 1.72. The van der Waals surface area contributed by atoms with Gasteiger partial charge in [-0.15, -0.1) is 11.3 Å². The molecule has 0 spiro atoms. The van der Waals surface area contributed by atoms with Gasteiger partial charge in [-0.2, -0.15) is 0 Å². The number of anilines is 2. The molecule has 0 fully saturated rings. The number of nitrogens with zero attached hydrogens (tertiary/aromatic N) is 2. The minimum atomic E-state index is -0.127. The first-order valence-corrected chi connectivity index (χ1v) is 10.5. The van der Waals surface area contributed by atoms with Gasteiger partial charge in [0.2, 0.25) is 0 Å². The number of carbonyl (C=O) groups is 2. The van der Waals surface area contributed by atoms with Gasteiger partial charge in [0.15, 0.2) is 0 Å². The van der Waals surface area contributed by atoms with Crippen LogP contribution in [0.15, 0.2) is 60.0 Å². The van der Waals surface area contributed by atoms with Crippen LogP contribution in [0.25, 0.3) is 0 Å². The first-order valence-electron chi connectivity index (χ1n) is 9.26. The number of halogens is 1. The molecular weight excluding hydrogens is 406 g/mol. The maximum absolute atomic E-state index is 12.6. The van der Waals surface area contributed by atoms with E-state index in [2.05, 4.69) is 16.8 Å². The van der Waals surface area contributed by atoms with E-state index in [0.717, 1.165) is 18.7 Å². The van der Waals surface area contributed by atoms with Gasteiger partial charge in [0.1, 0.15) is 0 Å². The number of fused-ring (bicyclic) bond motifs is 1. The average Bonchev–Trinajstić information content (AvgIpc) is 3.21. The van der Waals surface area contributed by atoms with Gasteiger partial charge in [0.05, 0.1) is 0 Å². The van der Waals surface area contributed by atoms with Gasteiger partial charge in [-0.25, -0.2) is 4.79 Å². The lowest BCUT2D eigenvalue weighted by Crippen LogP contribution is -2.38. The Hall–Kier alpha value is -2.83. The molecular formula is C22H20ClN3O2S. The van der Waals surface area contributed by atoms with Gasteiger partial charge in [0, 0.05) is 47.0 Å². The second-order valence-electron chi connectivity index (χ2n) is 6.89. The van der Waals surface area contributed by atoms with Crippen LogP contribution < -0.4 is 10.2 Å². The molecule has 2 aromatic carbocycles. The summed E-state index contributed by atoms with van der Waals surface area (Å²) in [5.41, 5.74) is 3.23. The predicted octanol–water partition coefficient (Wildman–Crippen LogP) is 5.27. The lowest BCUT2D eigenvalue weighted by molar-refractivity contribution is 0.0993. The highest BCUT2D eigenvalue weighted by atomic mass is 35.5. The highest BCUT2D eigenvalue weighted by molar-refractivity contribution is 7.10. The Morgan fingerprint density at radius 3 is 2.52 bits per heavy atom. The molecule has 7 heteroatoms. The van der Waals surface area contributed by atoms with E-state index >= 15 is 0 Å². The topological polar surface area (TPSA) is 52.7 Å². The molecule has 3 aromatic rings. The summed E-state index contributed by atoms with van der Waals surface area (Å²) < 4.78 is 0. The minimum absolute atomic E-state index is 0.111. The molecule has 1 aliphatic heterocycles. The molecule has 1 aliphatic rings. The monoisotopic (exact) mass is 425 g/mol. The van der Waals surface area contributed by atoms with Gasteiger partial charge in [-0.1, -0.05) is 11.6 Å². The molecule has 0 saturated heterocycles. The van der Waals surface area contributed by atoms with Crippen molar-refractivity contribution in [1.29, 1.82) is 0 Å². The molecule has 3 amide bonds. The average molecular weight is 426 g/mol. The van der Waals surface area contributed by atoms with Crippen LogP contribution in [0, 0.1) is 0 Å². The summed E-state index contributed by atoms with van der Waals surface area (Å²) in [6.07, 6.45) is 0.900. The number of nitrogens with one attached hydrogen (secondary N) is 1. The maximum atomic E-state index is 12.6. The lowest BCUT2D eigenvalue weighted by Gasteiger charge is -2.27. The Labute approximate surface area is 178 Å². The van der Waals surface area contributed by atoms with Crippen molar-refractivity contribution in [3.05, 3.63) is 81.0 Å². The lowest BCUT2D eigenvalue weighted by atomic mass is 10.1. The van der Waals surface area contributed by atoms with Crippen LogP contribution in [0.4, 0.5) is 16.2 Å². The highest BCUT2D eigenvalue weighted by Crippen LogP contribution is 2.25. The van der Waals surface area contributed by atoms with Crippen molar-refractivity contribution >= 4 is 46.3 Å². The predicted molar refractivity (Wildman–Crippen MR) is 118 cm³/mol. The SMILES string of the molecule is CN(C(=O)c1ccc(Cl)cc1)c1ccc(NC(=O)N2CCc3sccc3C2)cc1. The largest absolute Gasteiger partial charge is 0.322 e. The van der Waals surface area contributed by atoms with Crippen LogP contribution in [0.2, 0.25) is 5.02 Å². The Morgan fingerprint density at radius 1 is 1.07 bits per heavy atom. The number of thiophene rings is 1. The van der Waals surface area contributed by atoms with E-state index in [1.54, 1.807) is 59.7 Å². The number of benzene rings is 2. The van der Waals surface area contributed by atoms with Crippen molar-refractivity contribution in [3.8, 4) is 0 Å². The first-order chi connectivity index (χ1) is 14.0. The first kappa shape index (κ1) is 19.5. The molecule has 1 aromatic heterocycles. The van der Waals surface area contributed by atoms with E-state index in [9.17, 15) is 9.59 Å². The van der Waals surface area contributed by atoms with Crippen LogP contribution in [-0.4, -0.2) is 30.4 Å². The summed E-state index contributed by atoms with van der Waals surface area (Å²) in [6, 6.07) is 16.0. The van der Waals surface area contributed by atoms with Gasteiger partial charge in [-0.05, 0) is 72.0 Å². The summed E-state index contributed by atoms with van der Waals surface area (Å²) >= 11 is 7.64. The molecule has 148 valence electrons. The number of hydrogen-bond donors (Lipinski definition) is 1. The van der Waals surface area contributed by atoms with Crippen molar-refractivity contribution in [2.45, 2.75) is 13.0 Å². The molecule has 2 heterocycles.